The Morgan fingerprint density at radius 2 is 1.82 bits per heavy atom. The summed E-state index contributed by atoms with van der Waals surface area (Å²) in [5.74, 6) is 0.689. The van der Waals surface area contributed by atoms with Gasteiger partial charge in [-0.3, -0.25) is 14.2 Å². The first kappa shape index (κ1) is 22.8. The first-order valence-corrected chi connectivity index (χ1v) is 11.4. The van der Waals surface area contributed by atoms with Crippen molar-refractivity contribution in [2.45, 2.75) is 26.3 Å². The summed E-state index contributed by atoms with van der Waals surface area (Å²) in [6.07, 6.45) is 0.431. The minimum atomic E-state index is -0.344. The van der Waals surface area contributed by atoms with Gasteiger partial charge in [-0.05, 0) is 43.8 Å². The highest BCUT2D eigenvalue weighted by molar-refractivity contribution is 7.71. The van der Waals surface area contributed by atoms with Crippen LogP contribution >= 0.6 is 12.2 Å². The molecule has 2 amide bonds. The number of aromatic amines is 2. The number of benzene rings is 1. The molecule has 1 aliphatic heterocycles. The van der Waals surface area contributed by atoms with Crippen molar-refractivity contribution in [2.75, 3.05) is 39.9 Å². The van der Waals surface area contributed by atoms with Crippen molar-refractivity contribution in [3.8, 4) is 5.75 Å². The van der Waals surface area contributed by atoms with Crippen molar-refractivity contribution in [1.82, 2.24) is 24.3 Å². The van der Waals surface area contributed by atoms with Crippen molar-refractivity contribution in [3.63, 3.8) is 0 Å². The molecule has 0 spiro atoms. The first-order chi connectivity index (χ1) is 15.9. The van der Waals surface area contributed by atoms with Gasteiger partial charge in [0.25, 0.3) is 5.56 Å². The number of piperazine rings is 1. The van der Waals surface area contributed by atoms with Gasteiger partial charge in [0, 0.05) is 50.0 Å². The summed E-state index contributed by atoms with van der Waals surface area (Å²) in [6, 6.07) is 5.53. The van der Waals surface area contributed by atoms with E-state index in [1.165, 1.54) is 4.57 Å². The molecule has 3 heterocycles. The predicted molar refractivity (Wildman–Crippen MR) is 126 cm³/mol. The van der Waals surface area contributed by atoms with Crippen molar-refractivity contribution in [1.29, 1.82) is 0 Å². The zero-order valence-electron chi connectivity index (χ0n) is 18.7. The number of hydrogen-bond donors (Lipinski definition) is 2. The number of hydrogen-bond acceptors (Lipinski definition) is 6. The molecular formula is C22H27N5O5S. The van der Waals surface area contributed by atoms with Gasteiger partial charge in [0.05, 0.1) is 19.2 Å². The van der Waals surface area contributed by atoms with Crippen LogP contribution in [0, 0.1) is 4.77 Å². The topological polar surface area (TPSA) is 113 Å². The molecule has 1 fully saturated rings. The maximum Gasteiger partial charge on any atom is 0.409 e. The van der Waals surface area contributed by atoms with E-state index in [1.54, 1.807) is 23.8 Å². The Hall–Kier alpha value is -3.34. The van der Waals surface area contributed by atoms with Gasteiger partial charge in [-0.25, -0.2) is 4.79 Å². The summed E-state index contributed by atoms with van der Waals surface area (Å²) in [5.41, 5.74) is 1.67. The number of rotatable bonds is 6. The summed E-state index contributed by atoms with van der Waals surface area (Å²) < 4.78 is 12.1. The number of fused-ring (bicyclic) bond motifs is 3. The highest BCUT2D eigenvalue weighted by Gasteiger charge is 2.24. The third-order valence-corrected chi connectivity index (χ3v) is 6.20. The molecule has 0 saturated carbocycles. The van der Waals surface area contributed by atoms with Crippen LogP contribution in [0.25, 0.3) is 21.9 Å². The number of nitrogens with zero attached hydrogens (tertiary/aromatic N) is 3. The Morgan fingerprint density at radius 3 is 2.52 bits per heavy atom. The van der Waals surface area contributed by atoms with Crippen molar-refractivity contribution >= 4 is 46.2 Å². The van der Waals surface area contributed by atoms with Crippen LogP contribution in [0.1, 0.15) is 19.8 Å². The van der Waals surface area contributed by atoms with E-state index in [1.807, 2.05) is 18.2 Å². The lowest BCUT2D eigenvalue weighted by Gasteiger charge is -2.34. The second-order valence-electron chi connectivity index (χ2n) is 7.84. The normalized spacial score (nSPS) is 14.1. The van der Waals surface area contributed by atoms with Crippen LogP contribution in [0.4, 0.5) is 4.79 Å². The van der Waals surface area contributed by atoms with Gasteiger partial charge in [-0.2, -0.15) is 0 Å². The predicted octanol–water partition coefficient (Wildman–Crippen LogP) is 2.63. The quantitative estimate of drug-likeness (QED) is 0.532. The summed E-state index contributed by atoms with van der Waals surface area (Å²) in [6.45, 7) is 4.29. The molecule has 176 valence electrons. The van der Waals surface area contributed by atoms with Crippen LogP contribution in [-0.2, 0) is 16.1 Å². The zero-order chi connectivity index (χ0) is 23.5. The van der Waals surface area contributed by atoms with Crippen LogP contribution < -0.4 is 10.3 Å². The van der Waals surface area contributed by atoms with E-state index in [2.05, 4.69) is 9.97 Å². The highest BCUT2D eigenvalue weighted by atomic mass is 32.1. The maximum absolute atomic E-state index is 13.1. The fourth-order valence-corrected chi connectivity index (χ4v) is 4.37. The third-order valence-electron chi connectivity index (χ3n) is 5.87. The lowest BCUT2D eigenvalue weighted by Crippen LogP contribution is -2.50. The average Bonchev–Trinajstić information content (AvgIpc) is 3.19. The number of amides is 2. The number of carbonyl (C=O) groups is 2. The molecule has 1 aliphatic rings. The molecular weight excluding hydrogens is 446 g/mol. The van der Waals surface area contributed by atoms with Crippen LogP contribution in [0.15, 0.2) is 23.0 Å². The van der Waals surface area contributed by atoms with E-state index in [-0.39, 0.29) is 17.6 Å². The molecule has 33 heavy (non-hydrogen) atoms. The molecule has 3 aromatic rings. The molecule has 10 nitrogen and oxygen atoms in total. The molecule has 0 atom stereocenters. The van der Waals surface area contributed by atoms with Crippen molar-refractivity contribution in [2.24, 2.45) is 0 Å². The number of methoxy groups -OCH3 is 1. The number of nitrogens with one attached hydrogen (secondary N) is 2. The van der Waals surface area contributed by atoms with E-state index >= 15 is 0 Å². The Balaban J connectivity index is 1.41. The monoisotopic (exact) mass is 473 g/mol. The summed E-state index contributed by atoms with van der Waals surface area (Å²) in [4.78, 5) is 47.1. The Labute approximate surface area is 195 Å². The van der Waals surface area contributed by atoms with Crippen LogP contribution in [0.3, 0.4) is 0 Å². The van der Waals surface area contributed by atoms with Crippen molar-refractivity contribution in [3.05, 3.63) is 33.3 Å². The third kappa shape index (κ3) is 4.58. The lowest BCUT2D eigenvalue weighted by atomic mass is 10.2. The number of aromatic nitrogens is 3. The fraction of sp³-hybridized carbons (Fsp3) is 0.455. The molecule has 2 aromatic heterocycles. The van der Waals surface area contributed by atoms with Gasteiger partial charge < -0.3 is 29.2 Å². The first-order valence-electron chi connectivity index (χ1n) is 10.9. The standard InChI is InChI=1S/C22H27N5O5S/c1-3-32-22(30)26-11-9-25(10-12-26)17(28)5-4-8-27-20(29)19-18(24-21(27)33)15-13-14(31-2)6-7-16(15)23-19/h6-7,13,23H,3-5,8-12H2,1-2H3,(H,24,33). The Morgan fingerprint density at radius 1 is 1.09 bits per heavy atom. The maximum atomic E-state index is 13.1. The molecule has 1 saturated heterocycles. The number of H-pyrrole nitrogens is 2. The summed E-state index contributed by atoms with van der Waals surface area (Å²) in [5, 5.41) is 0.830. The van der Waals surface area contributed by atoms with E-state index in [9.17, 15) is 14.4 Å². The number of carbonyl (C=O) groups excluding carboxylic acids is 2. The molecule has 2 N–H and O–H groups in total. The molecule has 11 heteroatoms. The largest absolute Gasteiger partial charge is 0.497 e. The van der Waals surface area contributed by atoms with E-state index in [0.29, 0.717) is 73.7 Å². The van der Waals surface area contributed by atoms with Crippen LogP contribution in [0.2, 0.25) is 0 Å². The van der Waals surface area contributed by atoms with E-state index < -0.39 is 0 Å². The molecule has 1 aromatic carbocycles. The molecule has 0 unspecified atom stereocenters. The zero-order valence-corrected chi connectivity index (χ0v) is 19.5. The minimum absolute atomic E-state index is 0.000223. The van der Waals surface area contributed by atoms with Gasteiger partial charge in [-0.1, -0.05) is 0 Å². The van der Waals surface area contributed by atoms with Gasteiger partial charge in [-0.15, -0.1) is 0 Å². The van der Waals surface area contributed by atoms with Gasteiger partial charge in [0.2, 0.25) is 5.91 Å². The molecule has 0 bridgehead atoms. The van der Waals surface area contributed by atoms with E-state index in [0.717, 1.165) is 10.9 Å². The van der Waals surface area contributed by atoms with Gasteiger partial charge in [0.1, 0.15) is 11.3 Å². The van der Waals surface area contributed by atoms with Gasteiger partial charge in [0.15, 0.2) is 4.77 Å². The second-order valence-corrected chi connectivity index (χ2v) is 8.23. The Kier molecular flexibility index (Phi) is 6.68. The lowest BCUT2D eigenvalue weighted by molar-refractivity contribution is -0.132. The minimum Gasteiger partial charge on any atom is -0.497 e. The molecule has 0 radical (unpaired) electrons. The Bertz CT molecular complexity index is 1300. The van der Waals surface area contributed by atoms with Crippen LogP contribution in [0.5, 0.6) is 5.75 Å². The highest BCUT2D eigenvalue weighted by Crippen LogP contribution is 2.25. The summed E-state index contributed by atoms with van der Waals surface area (Å²) in [7, 11) is 1.59. The van der Waals surface area contributed by atoms with Gasteiger partial charge >= 0.3 is 6.09 Å². The fourth-order valence-electron chi connectivity index (χ4n) is 4.09. The van der Waals surface area contributed by atoms with Crippen LogP contribution in [-0.4, -0.2) is 76.2 Å². The number of ether oxygens (including phenoxy) is 2. The molecule has 0 aliphatic carbocycles. The summed E-state index contributed by atoms with van der Waals surface area (Å²) >= 11 is 5.44. The average molecular weight is 474 g/mol. The van der Waals surface area contributed by atoms with Crippen molar-refractivity contribution < 1.29 is 19.1 Å². The molecule has 4 rings (SSSR count). The SMILES string of the molecule is CCOC(=O)N1CCN(C(=O)CCCn2c(=S)[nH]c3c([nH]c4ccc(OC)cc43)c2=O)CC1. The smallest absolute Gasteiger partial charge is 0.409 e. The second kappa shape index (κ2) is 9.65. The van der Waals surface area contributed by atoms with E-state index in [4.69, 9.17) is 21.7 Å².